The van der Waals surface area contributed by atoms with Crippen LogP contribution in [-0.4, -0.2) is 13.0 Å². The zero-order chi connectivity index (χ0) is 9.84. The molecule has 0 aliphatic carbocycles. The molecule has 0 aromatic heterocycles. The number of amides is 1. The van der Waals surface area contributed by atoms with Crippen LogP contribution in [0.4, 0.5) is 5.69 Å². The normalized spacial score (nSPS) is 9.31. The first-order valence-corrected chi connectivity index (χ1v) is 3.50. The highest BCUT2D eigenvalue weighted by Crippen LogP contribution is 2.23. The van der Waals surface area contributed by atoms with Gasteiger partial charge in [0.05, 0.1) is 12.7 Å². The largest absolute Gasteiger partial charge is 0.496 e. The molecule has 0 unspecified atom stereocenters. The van der Waals surface area contributed by atoms with Crippen LogP contribution in [-0.2, 0) is 0 Å². The average Bonchev–Trinajstić information content (AvgIpc) is 2.16. The van der Waals surface area contributed by atoms with Gasteiger partial charge in [-0.2, -0.15) is 0 Å². The van der Waals surface area contributed by atoms with Gasteiger partial charge in [0.2, 0.25) is 0 Å². The minimum Gasteiger partial charge on any atom is -0.496 e. The predicted molar refractivity (Wildman–Crippen MR) is 47.0 cm³/mol. The van der Waals surface area contributed by atoms with E-state index in [2.05, 4.69) is 5.18 Å². The fraction of sp³-hybridized carbons (Fsp3) is 0.125. The molecule has 5 nitrogen and oxygen atoms in total. The number of methoxy groups -OCH3 is 1. The molecule has 0 radical (unpaired) electrons. The summed E-state index contributed by atoms with van der Waals surface area (Å²) in [7, 11) is 1.41. The molecule has 0 saturated carbocycles. The predicted octanol–water partition coefficient (Wildman–Crippen LogP) is 1.19. The summed E-state index contributed by atoms with van der Waals surface area (Å²) in [5, 5.41) is 2.68. The molecule has 2 N–H and O–H groups in total. The minimum absolute atomic E-state index is 0.148. The Morgan fingerprint density at radius 1 is 1.54 bits per heavy atom. The molecule has 13 heavy (non-hydrogen) atoms. The van der Waals surface area contributed by atoms with Crippen LogP contribution in [0.2, 0.25) is 0 Å². The Morgan fingerprint density at radius 2 is 2.23 bits per heavy atom. The van der Waals surface area contributed by atoms with Crippen molar-refractivity contribution >= 4 is 11.6 Å². The summed E-state index contributed by atoms with van der Waals surface area (Å²) in [5.41, 5.74) is 5.35. The summed E-state index contributed by atoms with van der Waals surface area (Å²) < 4.78 is 4.86. The number of hydrogen-bond acceptors (Lipinski definition) is 4. The lowest BCUT2D eigenvalue weighted by atomic mass is 10.1. The molecule has 0 heterocycles. The molecule has 0 spiro atoms. The minimum atomic E-state index is -0.651. The van der Waals surface area contributed by atoms with Gasteiger partial charge in [-0.15, -0.1) is 4.91 Å². The SMILES string of the molecule is COc1ccc(N=O)cc1C(N)=O. The van der Waals surface area contributed by atoms with E-state index < -0.39 is 5.91 Å². The summed E-state index contributed by atoms with van der Waals surface area (Å²) in [5.74, 6) is -0.317. The Balaban J connectivity index is 3.25. The first-order valence-electron chi connectivity index (χ1n) is 3.50. The summed E-state index contributed by atoms with van der Waals surface area (Å²) in [6, 6.07) is 4.20. The molecule has 1 amide bonds. The second kappa shape index (κ2) is 3.66. The Morgan fingerprint density at radius 3 is 2.69 bits per heavy atom. The lowest BCUT2D eigenvalue weighted by molar-refractivity contribution is 0.0997. The van der Waals surface area contributed by atoms with E-state index in [-0.39, 0.29) is 11.3 Å². The third-order valence-electron chi connectivity index (χ3n) is 1.55. The molecule has 5 heteroatoms. The van der Waals surface area contributed by atoms with Gasteiger partial charge < -0.3 is 10.5 Å². The van der Waals surface area contributed by atoms with Crippen molar-refractivity contribution in [3.8, 4) is 5.75 Å². The molecule has 0 saturated heterocycles. The van der Waals surface area contributed by atoms with Gasteiger partial charge in [0.25, 0.3) is 5.91 Å². The summed E-state index contributed by atoms with van der Waals surface area (Å²) in [6.07, 6.45) is 0. The van der Waals surface area contributed by atoms with E-state index in [9.17, 15) is 9.70 Å². The van der Waals surface area contributed by atoms with Crippen molar-refractivity contribution in [1.29, 1.82) is 0 Å². The van der Waals surface area contributed by atoms with Gasteiger partial charge >= 0.3 is 0 Å². The van der Waals surface area contributed by atoms with Gasteiger partial charge in [0.1, 0.15) is 11.4 Å². The van der Waals surface area contributed by atoms with E-state index in [1.807, 2.05) is 0 Å². The van der Waals surface area contributed by atoms with E-state index in [1.165, 1.54) is 25.3 Å². The summed E-state index contributed by atoms with van der Waals surface area (Å²) in [4.78, 5) is 21.0. The highest BCUT2D eigenvalue weighted by molar-refractivity contribution is 5.96. The van der Waals surface area contributed by atoms with E-state index in [0.717, 1.165) is 0 Å². The third kappa shape index (κ3) is 1.81. The first kappa shape index (κ1) is 9.18. The quantitative estimate of drug-likeness (QED) is 0.709. The first-order chi connectivity index (χ1) is 6.19. The highest BCUT2D eigenvalue weighted by atomic mass is 16.5. The van der Waals surface area contributed by atoms with Gasteiger partial charge in [-0.05, 0) is 23.4 Å². The van der Waals surface area contributed by atoms with Crippen LogP contribution in [0.15, 0.2) is 23.4 Å². The monoisotopic (exact) mass is 180 g/mol. The van der Waals surface area contributed by atoms with Gasteiger partial charge in [0, 0.05) is 0 Å². The molecule has 1 rings (SSSR count). The maximum Gasteiger partial charge on any atom is 0.252 e. The number of primary amides is 1. The van der Waals surface area contributed by atoms with E-state index >= 15 is 0 Å². The van der Waals surface area contributed by atoms with Crippen molar-refractivity contribution in [2.45, 2.75) is 0 Å². The Kier molecular flexibility index (Phi) is 2.59. The number of nitroso groups, excluding NO2 is 1. The van der Waals surface area contributed by atoms with Crippen molar-refractivity contribution in [2.24, 2.45) is 10.9 Å². The number of carbonyl (C=O) groups excluding carboxylic acids is 1. The van der Waals surface area contributed by atoms with Crippen molar-refractivity contribution in [3.63, 3.8) is 0 Å². The number of ether oxygens (including phenoxy) is 1. The van der Waals surface area contributed by atoms with Crippen molar-refractivity contribution in [1.82, 2.24) is 0 Å². The van der Waals surface area contributed by atoms with Crippen LogP contribution in [0.3, 0.4) is 0 Å². The molecule has 1 aromatic rings. The molecule has 68 valence electrons. The number of nitrogens with zero attached hydrogens (tertiary/aromatic N) is 1. The fourth-order valence-electron chi connectivity index (χ4n) is 0.945. The van der Waals surface area contributed by atoms with E-state index in [1.54, 1.807) is 0 Å². The Bertz CT molecular complexity index is 349. The average molecular weight is 180 g/mol. The molecule has 0 fully saturated rings. The number of hydrogen-bond donors (Lipinski definition) is 1. The molecule has 0 aliphatic heterocycles. The van der Waals surface area contributed by atoms with Gasteiger partial charge in [-0.25, -0.2) is 0 Å². The van der Waals surface area contributed by atoms with Crippen LogP contribution in [0.5, 0.6) is 5.75 Å². The standard InChI is InChI=1S/C8H8N2O3/c1-13-7-3-2-5(10-12)4-6(7)8(9)11/h2-4H,1H3,(H2,9,11). The van der Waals surface area contributed by atoms with Gasteiger partial charge in [0.15, 0.2) is 0 Å². The third-order valence-corrected chi connectivity index (χ3v) is 1.55. The molecule has 0 aliphatic rings. The highest BCUT2D eigenvalue weighted by Gasteiger charge is 2.09. The molecular weight excluding hydrogens is 172 g/mol. The topological polar surface area (TPSA) is 81.8 Å². The smallest absolute Gasteiger partial charge is 0.252 e. The van der Waals surface area contributed by atoms with Crippen LogP contribution < -0.4 is 10.5 Å². The maximum absolute atomic E-state index is 10.8. The van der Waals surface area contributed by atoms with Crippen LogP contribution >= 0.6 is 0 Å². The number of benzene rings is 1. The second-order valence-corrected chi connectivity index (χ2v) is 2.34. The van der Waals surface area contributed by atoms with Crippen molar-refractivity contribution < 1.29 is 9.53 Å². The lowest BCUT2D eigenvalue weighted by Crippen LogP contribution is -2.12. The van der Waals surface area contributed by atoms with Gasteiger partial charge in [-0.3, -0.25) is 4.79 Å². The lowest BCUT2D eigenvalue weighted by Gasteiger charge is -2.04. The molecule has 0 atom stereocenters. The zero-order valence-electron chi connectivity index (χ0n) is 6.98. The fourth-order valence-corrected chi connectivity index (χ4v) is 0.945. The van der Waals surface area contributed by atoms with Crippen LogP contribution in [0.1, 0.15) is 10.4 Å². The van der Waals surface area contributed by atoms with Crippen molar-refractivity contribution in [3.05, 3.63) is 28.7 Å². The molecule has 0 bridgehead atoms. The molecular formula is C8H8N2O3. The van der Waals surface area contributed by atoms with E-state index in [4.69, 9.17) is 10.5 Å². The Hall–Kier alpha value is -1.91. The summed E-state index contributed by atoms with van der Waals surface area (Å²) in [6.45, 7) is 0. The van der Waals surface area contributed by atoms with E-state index in [0.29, 0.717) is 5.75 Å². The van der Waals surface area contributed by atoms with Crippen molar-refractivity contribution in [2.75, 3.05) is 7.11 Å². The van der Waals surface area contributed by atoms with Gasteiger partial charge in [-0.1, -0.05) is 0 Å². The maximum atomic E-state index is 10.8. The Labute approximate surface area is 74.5 Å². The van der Waals surface area contributed by atoms with Crippen LogP contribution in [0.25, 0.3) is 0 Å². The summed E-state index contributed by atoms with van der Waals surface area (Å²) >= 11 is 0. The van der Waals surface area contributed by atoms with Crippen LogP contribution in [0, 0.1) is 4.91 Å². The second-order valence-electron chi connectivity index (χ2n) is 2.34. The number of nitrogens with two attached hydrogens (primary N) is 1. The number of rotatable bonds is 3. The number of carbonyl (C=O) groups is 1. The zero-order valence-corrected chi connectivity index (χ0v) is 6.98. The molecule has 1 aromatic carbocycles.